The van der Waals surface area contributed by atoms with Gasteiger partial charge in [-0.05, 0) is 66.1 Å². The molecule has 1 heterocycles. The van der Waals surface area contributed by atoms with E-state index in [-0.39, 0.29) is 12.3 Å². The molecule has 0 atom stereocenters. The molecule has 1 aromatic heterocycles. The van der Waals surface area contributed by atoms with Crippen LogP contribution in [0.4, 0.5) is 0 Å². The lowest BCUT2D eigenvalue weighted by Gasteiger charge is -2.11. The number of esters is 1. The third-order valence-electron chi connectivity index (χ3n) is 4.52. The molecule has 7 heteroatoms. The first kappa shape index (κ1) is 23.7. The maximum Gasteiger partial charge on any atom is 0.355 e. The van der Waals surface area contributed by atoms with Gasteiger partial charge in [-0.2, -0.15) is 0 Å². The van der Waals surface area contributed by atoms with Crippen LogP contribution < -0.4 is 14.8 Å². The molecule has 1 amide bonds. The molecule has 3 rings (SSSR count). The van der Waals surface area contributed by atoms with E-state index < -0.39 is 11.9 Å². The van der Waals surface area contributed by atoms with Crippen LogP contribution in [0.3, 0.4) is 0 Å². The molecule has 0 radical (unpaired) electrons. The minimum Gasteiger partial charge on any atom is -0.497 e. The maximum atomic E-state index is 12.8. The van der Waals surface area contributed by atoms with Crippen molar-refractivity contribution in [3.63, 3.8) is 0 Å². The molecule has 2 aromatic carbocycles. The second-order valence-corrected chi connectivity index (χ2v) is 7.67. The van der Waals surface area contributed by atoms with Crippen LogP contribution in [0.25, 0.3) is 6.08 Å². The first-order valence-electron chi connectivity index (χ1n) is 10.5. The van der Waals surface area contributed by atoms with Gasteiger partial charge in [0.25, 0.3) is 5.91 Å². The van der Waals surface area contributed by atoms with Crippen molar-refractivity contribution in [1.29, 1.82) is 0 Å². The van der Waals surface area contributed by atoms with Gasteiger partial charge in [0.2, 0.25) is 0 Å². The summed E-state index contributed by atoms with van der Waals surface area (Å²) < 4.78 is 21.3. The summed E-state index contributed by atoms with van der Waals surface area (Å²) in [6, 6.07) is 17.2. The number of hydrogen-bond acceptors (Lipinski definition) is 6. The van der Waals surface area contributed by atoms with Crippen LogP contribution in [0.5, 0.6) is 11.5 Å². The number of carbonyl (C=O) groups is 2. The van der Waals surface area contributed by atoms with Gasteiger partial charge in [-0.25, -0.2) is 4.79 Å². The molecule has 0 aliphatic carbocycles. The van der Waals surface area contributed by atoms with E-state index in [0.29, 0.717) is 40.9 Å². The number of carbonyl (C=O) groups excluding carboxylic acids is 2. The van der Waals surface area contributed by atoms with E-state index in [1.54, 1.807) is 73.8 Å². The molecule has 0 spiro atoms. The SMILES string of the molecule is COc1ccc(/C=C(\NC(=O)c2ccc(OCC(C)C)cc2)C(=O)OCc2ccco2)cc1. The summed E-state index contributed by atoms with van der Waals surface area (Å²) in [5, 5.41) is 2.65. The zero-order chi connectivity index (χ0) is 23.6. The van der Waals surface area contributed by atoms with Crippen molar-refractivity contribution in [1.82, 2.24) is 5.32 Å². The third-order valence-corrected chi connectivity index (χ3v) is 4.52. The second kappa shape index (κ2) is 11.6. The predicted molar refractivity (Wildman–Crippen MR) is 124 cm³/mol. The smallest absolute Gasteiger partial charge is 0.355 e. The minimum atomic E-state index is -0.688. The van der Waals surface area contributed by atoms with E-state index in [9.17, 15) is 9.59 Å². The van der Waals surface area contributed by atoms with E-state index >= 15 is 0 Å². The molecular weight excluding hydrogens is 422 g/mol. The Morgan fingerprint density at radius 2 is 1.70 bits per heavy atom. The van der Waals surface area contributed by atoms with Crippen molar-refractivity contribution < 1.29 is 28.2 Å². The number of amides is 1. The average Bonchev–Trinajstić information content (AvgIpc) is 3.35. The van der Waals surface area contributed by atoms with Gasteiger partial charge in [-0.3, -0.25) is 4.79 Å². The maximum absolute atomic E-state index is 12.8. The van der Waals surface area contributed by atoms with Gasteiger partial charge < -0.3 is 23.9 Å². The molecule has 0 fully saturated rings. The second-order valence-electron chi connectivity index (χ2n) is 7.67. The predicted octanol–water partition coefficient (Wildman–Crippen LogP) is 4.84. The molecule has 7 nitrogen and oxygen atoms in total. The highest BCUT2D eigenvalue weighted by Crippen LogP contribution is 2.16. The van der Waals surface area contributed by atoms with E-state index in [4.69, 9.17) is 18.6 Å². The van der Waals surface area contributed by atoms with Gasteiger partial charge in [0.15, 0.2) is 0 Å². The van der Waals surface area contributed by atoms with Gasteiger partial charge >= 0.3 is 5.97 Å². The van der Waals surface area contributed by atoms with Gasteiger partial charge in [0.1, 0.15) is 29.6 Å². The molecule has 33 heavy (non-hydrogen) atoms. The highest BCUT2D eigenvalue weighted by molar-refractivity contribution is 6.03. The first-order valence-corrected chi connectivity index (χ1v) is 10.5. The molecule has 0 aliphatic heterocycles. The summed E-state index contributed by atoms with van der Waals surface area (Å²) >= 11 is 0. The van der Waals surface area contributed by atoms with Crippen LogP contribution in [-0.4, -0.2) is 25.6 Å². The monoisotopic (exact) mass is 449 g/mol. The van der Waals surface area contributed by atoms with Crippen LogP contribution >= 0.6 is 0 Å². The van der Waals surface area contributed by atoms with E-state index in [0.717, 1.165) is 0 Å². The van der Waals surface area contributed by atoms with Crippen molar-refractivity contribution in [3.05, 3.63) is 89.5 Å². The third kappa shape index (κ3) is 7.28. The van der Waals surface area contributed by atoms with E-state index in [1.165, 1.54) is 6.26 Å². The van der Waals surface area contributed by atoms with Gasteiger partial charge in [0.05, 0.1) is 20.0 Å². The lowest BCUT2D eigenvalue weighted by molar-refractivity contribution is -0.141. The van der Waals surface area contributed by atoms with Crippen LogP contribution in [0, 0.1) is 5.92 Å². The summed E-state index contributed by atoms with van der Waals surface area (Å²) in [4.78, 5) is 25.6. The highest BCUT2D eigenvalue weighted by atomic mass is 16.5. The number of hydrogen-bond donors (Lipinski definition) is 1. The normalized spacial score (nSPS) is 11.2. The molecule has 0 bridgehead atoms. The minimum absolute atomic E-state index is 0.00291. The van der Waals surface area contributed by atoms with Crippen LogP contribution in [-0.2, 0) is 16.1 Å². The molecule has 1 N–H and O–H groups in total. The lowest BCUT2D eigenvalue weighted by Crippen LogP contribution is -2.28. The number of benzene rings is 2. The fourth-order valence-electron chi connectivity index (χ4n) is 2.78. The number of methoxy groups -OCH3 is 1. The lowest BCUT2D eigenvalue weighted by atomic mass is 10.1. The van der Waals surface area contributed by atoms with Gasteiger partial charge in [0, 0.05) is 5.56 Å². The Morgan fingerprint density at radius 1 is 1.00 bits per heavy atom. The fourth-order valence-corrected chi connectivity index (χ4v) is 2.78. The molecule has 0 aliphatic rings. The van der Waals surface area contributed by atoms with Crippen molar-refractivity contribution in [3.8, 4) is 11.5 Å². The van der Waals surface area contributed by atoms with Gasteiger partial charge in [-0.1, -0.05) is 26.0 Å². The molecular formula is C26H27NO6. The Morgan fingerprint density at radius 3 is 2.30 bits per heavy atom. The zero-order valence-electron chi connectivity index (χ0n) is 18.9. The first-order chi connectivity index (χ1) is 15.9. The Bertz CT molecular complexity index is 1070. The molecule has 0 saturated carbocycles. The van der Waals surface area contributed by atoms with Crippen LogP contribution in [0.15, 0.2) is 77.0 Å². The number of furan rings is 1. The van der Waals surface area contributed by atoms with Gasteiger partial charge in [-0.15, -0.1) is 0 Å². The molecule has 172 valence electrons. The van der Waals surface area contributed by atoms with Crippen molar-refractivity contribution >= 4 is 18.0 Å². The van der Waals surface area contributed by atoms with Crippen LogP contribution in [0.2, 0.25) is 0 Å². The topological polar surface area (TPSA) is 87.0 Å². The highest BCUT2D eigenvalue weighted by Gasteiger charge is 2.17. The summed E-state index contributed by atoms with van der Waals surface area (Å²) in [6.07, 6.45) is 3.04. The summed E-state index contributed by atoms with van der Waals surface area (Å²) in [5.74, 6) is 1.11. The Labute approximate surface area is 193 Å². The Hall–Kier alpha value is -4.00. The number of ether oxygens (including phenoxy) is 3. The standard InChI is InChI=1S/C26H27NO6/c1-18(2)16-32-22-12-8-20(9-13-22)25(28)27-24(15-19-6-10-21(30-3)11-7-19)26(29)33-17-23-5-4-14-31-23/h4-15,18H,16-17H2,1-3H3,(H,27,28)/b24-15-. The van der Waals surface area contributed by atoms with E-state index in [2.05, 4.69) is 19.2 Å². The van der Waals surface area contributed by atoms with Crippen LogP contribution in [0.1, 0.15) is 35.5 Å². The Kier molecular flexibility index (Phi) is 8.30. The fraction of sp³-hybridized carbons (Fsp3) is 0.231. The van der Waals surface area contributed by atoms with Crippen molar-refractivity contribution in [2.75, 3.05) is 13.7 Å². The molecule has 3 aromatic rings. The van der Waals surface area contributed by atoms with E-state index in [1.807, 2.05) is 0 Å². The summed E-state index contributed by atoms with van der Waals surface area (Å²) in [5.41, 5.74) is 1.07. The summed E-state index contributed by atoms with van der Waals surface area (Å²) in [6.45, 7) is 4.65. The molecule has 0 saturated heterocycles. The quantitative estimate of drug-likeness (QED) is 0.352. The average molecular weight is 450 g/mol. The van der Waals surface area contributed by atoms with Crippen molar-refractivity contribution in [2.24, 2.45) is 5.92 Å². The number of nitrogens with one attached hydrogen (secondary N) is 1. The Balaban J connectivity index is 1.75. The molecule has 0 unspecified atom stereocenters. The van der Waals surface area contributed by atoms with Crippen molar-refractivity contribution in [2.45, 2.75) is 20.5 Å². The number of rotatable bonds is 10. The largest absolute Gasteiger partial charge is 0.497 e. The zero-order valence-corrected chi connectivity index (χ0v) is 18.9. The summed E-state index contributed by atoms with van der Waals surface area (Å²) in [7, 11) is 1.57.